The first-order valence-corrected chi connectivity index (χ1v) is 6.55. The molecule has 3 unspecified atom stereocenters. The highest BCUT2D eigenvalue weighted by Crippen LogP contribution is 2.39. The Balaban J connectivity index is 1.68. The number of hydrogen-bond acceptors (Lipinski definition) is 3. The van der Waals surface area contributed by atoms with Crippen LogP contribution in [0.25, 0.3) is 0 Å². The summed E-state index contributed by atoms with van der Waals surface area (Å²) in [5.41, 5.74) is 0.979. The summed E-state index contributed by atoms with van der Waals surface area (Å²) in [7, 11) is 0. The fraction of sp³-hybridized carbons (Fsp3) is 0.333. The van der Waals surface area contributed by atoms with Crippen molar-refractivity contribution in [1.29, 1.82) is 0 Å². The van der Waals surface area contributed by atoms with Crippen molar-refractivity contribution in [1.82, 2.24) is 5.32 Å². The number of carbonyl (C=O) groups excluding carboxylic acids is 1. The van der Waals surface area contributed by atoms with Crippen LogP contribution in [0.2, 0.25) is 0 Å². The standard InChI is InChI=1S/C15H15NO4/c17-14(16-8-9-4-2-1-3-5-9)12-10-6-7-11(20-10)13(12)15(18)19/h1-7,10-13H,8H2,(H,16,17)(H,18,19)/t10-,11?,12?,13?/m1/s1. The lowest BCUT2D eigenvalue weighted by Crippen LogP contribution is -2.42. The number of benzene rings is 1. The van der Waals surface area contributed by atoms with Gasteiger partial charge < -0.3 is 15.2 Å². The first-order valence-electron chi connectivity index (χ1n) is 6.55. The lowest BCUT2D eigenvalue weighted by Gasteiger charge is -2.20. The molecule has 2 heterocycles. The average molecular weight is 273 g/mol. The van der Waals surface area contributed by atoms with Gasteiger partial charge in [0.25, 0.3) is 0 Å². The van der Waals surface area contributed by atoms with Crippen molar-refractivity contribution in [2.24, 2.45) is 11.8 Å². The zero-order chi connectivity index (χ0) is 14.1. The Hall–Kier alpha value is -2.14. The first-order chi connectivity index (χ1) is 9.66. The van der Waals surface area contributed by atoms with E-state index in [0.29, 0.717) is 6.54 Å². The summed E-state index contributed by atoms with van der Waals surface area (Å²) in [4.78, 5) is 23.5. The van der Waals surface area contributed by atoms with Gasteiger partial charge in [-0.3, -0.25) is 9.59 Å². The minimum Gasteiger partial charge on any atom is -0.481 e. The minimum absolute atomic E-state index is 0.266. The van der Waals surface area contributed by atoms with E-state index in [-0.39, 0.29) is 5.91 Å². The van der Waals surface area contributed by atoms with Gasteiger partial charge in [0.2, 0.25) is 5.91 Å². The molecule has 104 valence electrons. The lowest BCUT2D eigenvalue weighted by atomic mass is 9.82. The fourth-order valence-electron chi connectivity index (χ4n) is 2.82. The molecule has 3 rings (SSSR count). The monoisotopic (exact) mass is 273 g/mol. The molecule has 4 atom stereocenters. The molecule has 1 amide bonds. The Morgan fingerprint density at radius 1 is 1.10 bits per heavy atom. The number of hydrogen-bond donors (Lipinski definition) is 2. The summed E-state index contributed by atoms with van der Waals surface area (Å²) < 4.78 is 5.48. The molecule has 2 N–H and O–H groups in total. The van der Waals surface area contributed by atoms with Crippen LogP contribution < -0.4 is 5.32 Å². The smallest absolute Gasteiger partial charge is 0.310 e. The fourth-order valence-corrected chi connectivity index (χ4v) is 2.82. The zero-order valence-corrected chi connectivity index (χ0v) is 10.7. The van der Waals surface area contributed by atoms with Gasteiger partial charge in [-0.15, -0.1) is 0 Å². The number of rotatable bonds is 4. The number of fused-ring (bicyclic) bond motifs is 2. The predicted octanol–water partition coefficient (Wildman–Crippen LogP) is 0.957. The van der Waals surface area contributed by atoms with Crippen molar-refractivity contribution in [2.45, 2.75) is 18.8 Å². The molecular formula is C15H15NO4. The van der Waals surface area contributed by atoms with Crippen molar-refractivity contribution in [3.05, 3.63) is 48.0 Å². The van der Waals surface area contributed by atoms with E-state index in [2.05, 4.69) is 5.32 Å². The highest BCUT2D eigenvalue weighted by Gasteiger charge is 2.53. The second-order valence-corrected chi connectivity index (χ2v) is 5.04. The van der Waals surface area contributed by atoms with Gasteiger partial charge in [0.05, 0.1) is 18.1 Å². The Morgan fingerprint density at radius 2 is 1.75 bits per heavy atom. The molecule has 1 fully saturated rings. The van der Waals surface area contributed by atoms with Gasteiger partial charge in [-0.1, -0.05) is 42.5 Å². The molecule has 1 aromatic rings. The molecule has 2 bridgehead atoms. The molecule has 0 radical (unpaired) electrons. The lowest BCUT2D eigenvalue weighted by molar-refractivity contribution is -0.146. The Labute approximate surface area is 116 Å². The quantitative estimate of drug-likeness (QED) is 0.801. The molecule has 5 nitrogen and oxygen atoms in total. The number of ether oxygens (including phenoxy) is 1. The van der Waals surface area contributed by atoms with Crippen molar-refractivity contribution in [3.8, 4) is 0 Å². The van der Waals surface area contributed by atoms with Crippen molar-refractivity contribution in [3.63, 3.8) is 0 Å². The highest BCUT2D eigenvalue weighted by atomic mass is 16.5. The number of carboxylic acids is 1. The van der Waals surface area contributed by atoms with Gasteiger partial charge >= 0.3 is 5.97 Å². The van der Waals surface area contributed by atoms with Crippen LogP contribution in [0.3, 0.4) is 0 Å². The van der Waals surface area contributed by atoms with Gasteiger partial charge in [0, 0.05) is 6.54 Å². The van der Waals surface area contributed by atoms with E-state index in [1.807, 2.05) is 30.3 Å². The largest absolute Gasteiger partial charge is 0.481 e. The van der Waals surface area contributed by atoms with Crippen LogP contribution in [0.15, 0.2) is 42.5 Å². The van der Waals surface area contributed by atoms with E-state index in [9.17, 15) is 14.7 Å². The molecule has 0 aromatic heterocycles. The molecular weight excluding hydrogens is 258 g/mol. The molecule has 5 heteroatoms. The second-order valence-electron chi connectivity index (χ2n) is 5.04. The number of carboxylic acid groups (broad SMARTS) is 1. The predicted molar refractivity (Wildman–Crippen MR) is 70.7 cm³/mol. The summed E-state index contributed by atoms with van der Waals surface area (Å²) in [6.07, 6.45) is 2.60. The average Bonchev–Trinajstić information content (AvgIpc) is 3.06. The van der Waals surface area contributed by atoms with Crippen LogP contribution in [-0.4, -0.2) is 29.2 Å². The van der Waals surface area contributed by atoms with Crippen LogP contribution >= 0.6 is 0 Å². The maximum absolute atomic E-state index is 12.2. The van der Waals surface area contributed by atoms with Gasteiger partial charge in [0.15, 0.2) is 0 Å². The maximum atomic E-state index is 12.2. The Bertz CT molecular complexity index is 554. The summed E-state index contributed by atoms with van der Waals surface area (Å²) in [6.45, 7) is 0.392. The van der Waals surface area contributed by atoms with Gasteiger partial charge in [-0.25, -0.2) is 0 Å². The molecule has 0 saturated carbocycles. The third-order valence-electron chi connectivity index (χ3n) is 3.80. The van der Waals surface area contributed by atoms with E-state index in [4.69, 9.17) is 4.74 Å². The van der Waals surface area contributed by atoms with Gasteiger partial charge in [0.1, 0.15) is 5.92 Å². The maximum Gasteiger partial charge on any atom is 0.310 e. The number of nitrogens with one attached hydrogen (secondary N) is 1. The van der Waals surface area contributed by atoms with Crippen LogP contribution in [0.1, 0.15) is 5.56 Å². The summed E-state index contributed by atoms with van der Waals surface area (Å²) >= 11 is 0. The molecule has 0 spiro atoms. The molecule has 0 aliphatic carbocycles. The number of amides is 1. The van der Waals surface area contributed by atoms with Gasteiger partial charge in [-0.05, 0) is 5.56 Å². The minimum atomic E-state index is -0.985. The van der Waals surface area contributed by atoms with Crippen LogP contribution in [0.4, 0.5) is 0 Å². The SMILES string of the molecule is O=C(O)C1C2C=C[C@@H](O2)C1C(=O)NCc1ccccc1. The van der Waals surface area contributed by atoms with E-state index in [0.717, 1.165) is 5.56 Å². The molecule has 1 aromatic carbocycles. The summed E-state index contributed by atoms with van der Waals surface area (Å²) in [5, 5.41) is 12.0. The van der Waals surface area contributed by atoms with E-state index >= 15 is 0 Å². The molecule has 2 aliphatic heterocycles. The molecule has 1 saturated heterocycles. The molecule has 2 aliphatic rings. The van der Waals surface area contributed by atoms with Crippen LogP contribution in [0.5, 0.6) is 0 Å². The number of aliphatic carboxylic acids is 1. The highest BCUT2D eigenvalue weighted by molar-refractivity contribution is 5.87. The Kier molecular flexibility index (Phi) is 3.28. The Morgan fingerprint density at radius 3 is 2.40 bits per heavy atom. The summed E-state index contributed by atoms with van der Waals surface area (Å²) in [5.74, 6) is -2.69. The number of carbonyl (C=O) groups is 2. The first kappa shape index (κ1) is 12.9. The van der Waals surface area contributed by atoms with Crippen LogP contribution in [0, 0.1) is 11.8 Å². The zero-order valence-electron chi connectivity index (χ0n) is 10.7. The molecule has 20 heavy (non-hydrogen) atoms. The normalized spacial score (nSPS) is 30.4. The van der Waals surface area contributed by atoms with E-state index < -0.39 is 30.0 Å². The third kappa shape index (κ3) is 2.20. The van der Waals surface area contributed by atoms with E-state index in [1.54, 1.807) is 12.2 Å². The van der Waals surface area contributed by atoms with Crippen molar-refractivity contribution >= 4 is 11.9 Å². The third-order valence-corrected chi connectivity index (χ3v) is 3.80. The van der Waals surface area contributed by atoms with Crippen molar-refractivity contribution < 1.29 is 19.4 Å². The van der Waals surface area contributed by atoms with Gasteiger partial charge in [-0.2, -0.15) is 0 Å². The topological polar surface area (TPSA) is 75.6 Å². The van der Waals surface area contributed by atoms with E-state index in [1.165, 1.54) is 0 Å². The van der Waals surface area contributed by atoms with Crippen molar-refractivity contribution in [2.75, 3.05) is 0 Å². The summed E-state index contributed by atoms with van der Waals surface area (Å²) in [6, 6.07) is 9.51. The second kappa shape index (κ2) is 5.09. The van der Waals surface area contributed by atoms with Crippen LogP contribution in [-0.2, 0) is 20.9 Å².